The van der Waals surface area contributed by atoms with E-state index in [1.807, 2.05) is 56.2 Å². The molecular formula is C20H23ClN2O2. The molecule has 0 amide bonds. The zero-order valence-electron chi connectivity index (χ0n) is 15.0. The van der Waals surface area contributed by atoms with Gasteiger partial charge in [-0.3, -0.25) is 9.59 Å². The second-order valence-electron chi connectivity index (χ2n) is 5.75. The van der Waals surface area contributed by atoms with Crippen LogP contribution in [-0.2, 0) is 0 Å². The van der Waals surface area contributed by atoms with E-state index in [9.17, 15) is 9.59 Å². The Morgan fingerprint density at radius 3 is 1.68 bits per heavy atom. The molecule has 2 aromatic rings. The second kappa shape index (κ2) is 9.64. The van der Waals surface area contributed by atoms with Gasteiger partial charge in [-0.25, -0.2) is 0 Å². The van der Waals surface area contributed by atoms with Gasteiger partial charge in [0.1, 0.15) is 0 Å². The molecule has 0 heterocycles. The highest BCUT2D eigenvalue weighted by atomic mass is 35.5. The number of rotatable bonds is 5. The number of aldehydes is 2. The van der Waals surface area contributed by atoms with Crippen molar-refractivity contribution in [1.29, 1.82) is 0 Å². The Labute approximate surface area is 154 Å². The molecule has 0 saturated carbocycles. The molecule has 4 nitrogen and oxygen atoms in total. The van der Waals surface area contributed by atoms with Crippen LogP contribution < -0.4 is 9.80 Å². The molecule has 25 heavy (non-hydrogen) atoms. The van der Waals surface area contributed by atoms with Crippen molar-refractivity contribution in [1.82, 2.24) is 0 Å². The zero-order chi connectivity index (χ0) is 19.0. The lowest BCUT2D eigenvalue weighted by molar-refractivity contribution is 0.111. The molecule has 0 N–H and O–H groups in total. The fourth-order valence-corrected chi connectivity index (χ4v) is 2.23. The molecule has 2 rings (SSSR count). The van der Waals surface area contributed by atoms with Crippen molar-refractivity contribution < 1.29 is 9.59 Å². The number of benzene rings is 2. The van der Waals surface area contributed by atoms with Crippen LogP contribution in [0.5, 0.6) is 0 Å². The van der Waals surface area contributed by atoms with E-state index in [0.29, 0.717) is 16.1 Å². The van der Waals surface area contributed by atoms with Gasteiger partial charge in [0.15, 0.2) is 12.6 Å². The van der Waals surface area contributed by atoms with Gasteiger partial charge in [-0.1, -0.05) is 24.3 Å². The minimum Gasteiger partial charge on any atom is -0.378 e. The number of hydrogen-bond donors (Lipinski definition) is 0. The first-order valence-electron chi connectivity index (χ1n) is 7.65. The largest absolute Gasteiger partial charge is 0.378 e. The van der Waals surface area contributed by atoms with E-state index < -0.39 is 0 Å². The van der Waals surface area contributed by atoms with Gasteiger partial charge in [0, 0.05) is 50.7 Å². The molecule has 0 atom stereocenters. The van der Waals surface area contributed by atoms with Gasteiger partial charge in [-0.15, -0.1) is 0 Å². The van der Waals surface area contributed by atoms with Gasteiger partial charge >= 0.3 is 0 Å². The number of carbonyl (C=O) groups is 2. The third-order valence-corrected chi connectivity index (χ3v) is 3.89. The fraction of sp³-hybridized carbons (Fsp3) is 0.200. The number of anilines is 2. The maximum atomic E-state index is 10.6. The van der Waals surface area contributed by atoms with Crippen molar-refractivity contribution in [3.63, 3.8) is 0 Å². The lowest BCUT2D eigenvalue weighted by Crippen LogP contribution is -2.08. The molecule has 0 aromatic heterocycles. The predicted molar refractivity (Wildman–Crippen MR) is 107 cm³/mol. The van der Waals surface area contributed by atoms with Gasteiger partial charge in [-0.2, -0.15) is 0 Å². The van der Waals surface area contributed by atoms with Crippen molar-refractivity contribution in [3.8, 4) is 0 Å². The summed E-state index contributed by atoms with van der Waals surface area (Å²) in [6.07, 6.45) is 3.29. The highest BCUT2D eigenvalue weighted by Gasteiger charge is 2.01. The van der Waals surface area contributed by atoms with Crippen LogP contribution in [0.2, 0.25) is 5.02 Å². The molecule has 0 radical (unpaired) electrons. The zero-order valence-corrected chi connectivity index (χ0v) is 15.7. The van der Waals surface area contributed by atoms with Crippen LogP contribution in [0.25, 0.3) is 6.08 Å². The Morgan fingerprint density at radius 1 is 0.800 bits per heavy atom. The van der Waals surface area contributed by atoms with Crippen molar-refractivity contribution >= 4 is 41.6 Å². The van der Waals surface area contributed by atoms with Crippen molar-refractivity contribution in [2.75, 3.05) is 38.0 Å². The molecule has 0 fully saturated rings. The molecular weight excluding hydrogens is 336 g/mol. The van der Waals surface area contributed by atoms with Crippen molar-refractivity contribution in [3.05, 3.63) is 64.7 Å². The van der Waals surface area contributed by atoms with Crippen molar-refractivity contribution in [2.24, 2.45) is 0 Å². The average molecular weight is 359 g/mol. The third-order valence-electron chi connectivity index (χ3n) is 3.56. The van der Waals surface area contributed by atoms with Gasteiger partial charge < -0.3 is 9.80 Å². The molecule has 0 unspecified atom stereocenters. The van der Waals surface area contributed by atoms with E-state index >= 15 is 0 Å². The van der Waals surface area contributed by atoms with Gasteiger partial charge in [0.2, 0.25) is 0 Å². The maximum absolute atomic E-state index is 10.6. The molecule has 0 saturated heterocycles. The summed E-state index contributed by atoms with van der Waals surface area (Å²) >= 11 is 5.82. The van der Waals surface area contributed by atoms with Crippen molar-refractivity contribution in [2.45, 2.75) is 0 Å². The molecule has 0 aliphatic rings. The normalized spacial score (nSPS) is 9.48. The third kappa shape index (κ3) is 5.76. The SMILES string of the molecule is C=Cc1cc(N(C)C)ccc1C=O.CN(C)c1ccc(C=O)c(Cl)c1. The Kier molecular flexibility index (Phi) is 7.89. The molecule has 0 aliphatic heterocycles. The predicted octanol–water partition coefficient (Wildman–Crippen LogP) is 4.43. The second-order valence-corrected chi connectivity index (χ2v) is 6.15. The van der Waals surface area contributed by atoms with E-state index in [-0.39, 0.29) is 0 Å². The molecule has 0 aliphatic carbocycles. The number of hydrogen-bond acceptors (Lipinski definition) is 4. The summed E-state index contributed by atoms with van der Waals surface area (Å²) in [5.41, 5.74) is 4.15. The first kappa shape index (κ1) is 20.5. The Balaban J connectivity index is 0.000000251. The fourth-order valence-electron chi connectivity index (χ4n) is 2.01. The minimum atomic E-state index is 0.496. The van der Waals surface area contributed by atoms with E-state index in [1.54, 1.807) is 24.3 Å². The van der Waals surface area contributed by atoms with Crippen LogP contribution in [0.4, 0.5) is 11.4 Å². The quantitative estimate of drug-likeness (QED) is 0.741. The molecule has 132 valence electrons. The smallest absolute Gasteiger partial charge is 0.151 e. The summed E-state index contributed by atoms with van der Waals surface area (Å²) in [6, 6.07) is 11.0. The number of nitrogens with zero attached hydrogens (tertiary/aromatic N) is 2. The summed E-state index contributed by atoms with van der Waals surface area (Å²) in [4.78, 5) is 24.9. The Bertz CT molecular complexity index is 755. The number of carbonyl (C=O) groups excluding carboxylic acids is 2. The average Bonchev–Trinajstić information content (AvgIpc) is 2.61. The van der Waals surface area contributed by atoms with Crippen LogP contribution in [0.1, 0.15) is 26.3 Å². The lowest BCUT2D eigenvalue weighted by atomic mass is 10.1. The van der Waals surface area contributed by atoms with Crippen LogP contribution in [-0.4, -0.2) is 40.8 Å². The van der Waals surface area contributed by atoms with Crippen LogP contribution >= 0.6 is 11.6 Å². The summed E-state index contributed by atoms with van der Waals surface area (Å²) in [6.45, 7) is 3.66. The minimum absolute atomic E-state index is 0.496. The first-order valence-corrected chi connectivity index (χ1v) is 8.02. The summed E-state index contributed by atoms with van der Waals surface area (Å²) in [5, 5.41) is 0.496. The standard InChI is InChI=1S/C11H13NO.C9H10ClNO/c1-4-9-7-11(12(2)3)6-5-10(9)8-13;1-11(2)8-4-3-7(6-12)9(10)5-8/h4-8H,1H2,2-3H3;3-6H,1-2H3. The highest BCUT2D eigenvalue weighted by Crippen LogP contribution is 2.21. The Hall–Kier alpha value is -2.59. The van der Waals surface area contributed by atoms with Gasteiger partial charge in [0.05, 0.1) is 5.02 Å². The summed E-state index contributed by atoms with van der Waals surface area (Å²) in [5.74, 6) is 0. The van der Waals surface area contributed by atoms with E-state index in [2.05, 4.69) is 6.58 Å². The topological polar surface area (TPSA) is 40.6 Å². The molecule has 5 heteroatoms. The first-order chi connectivity index (χ1) is 11.8. The van der Waals surface area contributed by atoms with E-state index in [0.717, 1.165) is 29.5 Å². The molecule has 0 spiro atoms. The van der Waals surface area contributed by atoms with Crippen LogP contribution in [0, 0.1) is 0 Å². The molecule has 2 aromatic carbocycles. The van der Waals surface area contributed by atoms with Gasteiger partial charge in [0.25, 0.3) is 0 Å². The maximum Gasteiger partial charge on any atom is 0.151 e. The van der Waals surface area contributed by atoms with Crippen LogP contribution in [0.3, 0.4) is 0 Å². The van der Waals surface area contributed by atoms with Crippen LogP contribution in [0.15, 0.2) is 43.0 Å². The monoisotopic (exact) mass is 358 g/mol. The summed E-state index contributed by atoms with van der Waals surface area (Å²) in [7, 11) is 7.77. The van der Waals surface area contributed by atoms with Gasteiger partial charge in [-0.05, 0) is 42.0 Å². The highest BCUT2D eigenvalue weighted by molar-refractivity contribution is 6.33. The Morgan fingerprint density at radius 2 is 1.28 bits per heavy atom. The van der Waals surface area contributed by atoms with E-state index in [1.165, 1.54) is 0 Å². The number of halogens is 1. The lowest BCUT2D eigenvalue weighted by Gasteiger charge is -2.13. The van der Waals surface area contributed by atoms with E-state index in [4.69, 9.17) is 11.6 Å². The summed E-state index contributed by atoms with van der Waals surface area (Å²) < 4.78 is 0. The molecule has 0 bridgehead atoms.